The topological polar surface area (TPSA) is 49.4 Å². The van der Waals surface area contributed by atoms with Crippen LogP contribution in [0.2, 0.25) is 0 Å². The van der Waals surface area contributed by atoms with Crippen molar-refractivity contribution in [1.82, 2.24) is 0 Å². The Bertz CT molecular complexity index is 798. The lowest BCUT2D eigenvalue weighted by Crippen LogP contribution is -2.28. The molecule has 0 spiro atoms. The second-order valence-electron chi connectivity index (χ2n) is 6.50. The first kappa shape index (κ1) is 16.2. The molecule has 2 amide bonds. The second-order valence-corrected chi connectivity index (χ2v) is 6.50. The molecular weight excluding hydrogens is 300 g/mol. The zero-order chi connectivity index (χ0) is 17.3. The van der Waals surface area contributed by atoms with Crippen molar-refractivity contribution in [3.63, 3.8) is 0 Å². The predicted octanol–water partition coefficient (Wildman–Crippen LogP) is 3.60. The molecule has 2 aromatic carbocycles. The summed E-state index contributed by atoms with van der Waals surface area (Å²) in [6, 6.07) is 13.7. The molecule has 1 aliphatic heterocycles. The van der Waals surface area contributed by atoms with E-state index in [0.717, 1.165) is 28.1 Å². The molecule has 0 unspecified atom stereocenters. The maximum atomic E-state index is 12.6. The average Bonchev–Trinajstić information content (AvgIpc) is 2.94. The van der Waals surface area contributed by atoms with E-state index in [9.17, 15) is 9.59 Å². The van der Waals surface area contributed by atoms with Crippen molar-refractivity contribution in [3.05, 3.63) is 59.2 Å². The Morgan fingerprint density at radius 1 is 1.08 bits per heavy atom. The van der Waals surface area contributed by atoms with Gasteiger partial charge in [-0.05, 0) is 49.6 Å². The van der Waals surface area contributed by atoms with Crippen LogP contribution in [0.4, 0.5) is 11.4 Å². The molecule has 0 bridgehead atoms. The Labute approximate surface area is 142 Å². The third-order valence-electron chi connectivity index (χ3n) is 4.55. The molecule has 1 N–H and O–H groups in total. The Hall–Kier alpha value is -2.62. The van der Waals surface area contributed by atoms with Gasteiger partial charge < -0.3 is 10.2 Å². The van der Waals surface area contributed by atoms with Crippen LogP contribution >= 0.6 is 0 Å². The predicted molar refractivity (Wildman–Crippen MR) is 96.2 cm³/mol. The lowest BCUT2D eigenvalue weighted by molar-refractivity contribution is -0.122. The van der Waals surface area contributed by atoms with Crippen LogP contribution in [0, 0.1) is 26.7 Å². The van der Waals surface area contributed by atoms with E-state index in [2.05, 4.69) is 5.32 Å². The summed E-state index contributed by atoms with van der Waals surface area (Å²) in [6.45, 7) is 6.38. The molecule has 3 rings (SSSR count). The summed E-state index contributed by atoms with van der Waals surface area (Å²) in [7, 11) is 0. The number of aryl methyl sites for hydroxylation is 3. The minimum atomic E-state index is -0.322. The van der Waals surface area contributed by atoms with Gasteiger partial charge in [-0.25, -0.2) is 0 Å². The molecule has 1 fully saturated rings. The molecule has 1 aliphatic rings. The Kier molecular flexibility index (Phi) is 4.38. The fraction of sp³-hybridized carbons (Fsp3) is 0.300. The normalized spacial score (nSPS) is 17.2. The molecule has 0 saturated carbocycles. The summed E-state index contributed by atoms with van der Waals surface area (Å²) < 4.78 is 0. The summed E-state index contributed by atoms with van der Waals surface area (Å²) in [5, 5.41) is 2.95. The van der Waals surface area contributed by atoms with Crippen LogP contribution in [0.1, 0.15) is 23.1 Å². The third-order valence-corrected chi connectivity index (χ3v) is 4.55. The Morgan fingerprint density at radius 3 is 2.58 bits per heavy atom. The number of benzene rings is 2. The highest BCUT2D eigenvalue weighted by Crippen LogP contribution is 2.29. The number of anilines is 2. The van der Waals surface area contributed by atoms with Crippen molar-refractivity contribution >= 4 is 23.2 Å². The zero-order valence-corrected chi connectivity index (χ0v) is 14.3. The van der Waals surface area contributed by atoms with Crippen molar-refractivity contribution in [2.75, 3.05) is 16.8 Å². The number of carbonyl (C=O) groups is 2. The fourth-order valence-electron chi connectivity index (χ4n) is 3.07. The first-order chi connectivity index (χ1) is 11.5. The Balaban J connectivity index is 1.76. The van der Waals surface area contributed by atoms with Crippen molar-refractivity contribution in [1.29, 1.82) is 0 Å². The molecule has 1 saturated heterocycles. The van der Waals surface area contributed by atoms with E-state index >= 15 is 0 Å². The van der Waals surface area contributed by atoms with Gasteiger partial charge in [-0.2, -0.15) is 0 Å². The van der Waals surface area contributed by atoms with Crippen LogP contribution in [0.15, 0.2) is 42.5 Å². The van der Waals surface area contributed by atoms with Gasteiger partial charge in [-0.3, -0.25) is 9.59 Å². The molecule has 2 aromatic rings. The van der Waals surface area contributed by atoms with Crippen LogP contribution in [-0.2, 0) is 9.59 Å². The highest BCUT2D eigenvalue weighted by molar-refractivity contribution is 6.04. The lowest BCUT2D eigenvalue weighted by Gasteiger charge is -2.20. The number of rotatable bonds is 3. The molecule has 24 heavy (non-hydrogen) atoms. The average molecular weight is 322 g/mol. The van der Waals surface area contributed by atoms with Gasteiger partial charge in [-0.15, -0.1) is 0 Å². The molecule has 0 radical (unpaired) electrons. The quantitative estimate of drug-likeness (QED) is 0.938. The number of para-hydroxylation sites is 1. The van der Waals surface area contributed by atoms with Gasteiger partial charge in [0.15, 0.2) is 0 Å². The maximum Gasteiger partial charge on any atom is 0.229 e. The third kappa shape index (κ3) is 3.18. The first-order valence-electron chi connectivity index (χ1n) is 8.20. The Morgan fingerprint density at radius 2 is 1.83 bits per heavy atom. The van der Waals surface area contributed by atoms with Crippen molar-refractivity contribution in [2.24, 2.45) is 5.92 Å². The number of carbonyl (C=O) groups excluding carboxylic acids is 2. The van der Waals surface area contributed by atoms with E-state index in [1.54, 1.807) is 4.90 Å². The second kappa shape index (κ2) is 6.48. The number of hydrogen-bond donors (Lipinski definition) is 1. The van der Waals surface area contributed by atoms with Gasteiger partial charge >= 0.3 is 0 Å². The van der Waals surface area contributed by atoms with Gasteiger partial charge in [0.25, 0.3) is 0 Å². The maximum absolute atomic E-state index is 12.6. The monoisotopic (exact) mass is 322 g/mol. The van der Waals surface area contributed by atoms with Gasteiger partial charge in [0, 0.05) is 24.3 Å². The van der Waals surface area contributed by atoms with E-state index in [0.29, 0.717) is 6.54 Å². The van der Waals surface area contributed by atoms with Gasteiger partial charge in [0.2, 0.25) is 11.8 Å². The van der Waals surface area contributed by atoms with Crippen molar-refractivity contribution < 1.29 is 9.59 Å². The minimum absolute atomic E-state index is 0.00799. The van der Waals surface area contributed by atoms with E-state index in [1.807, 2.05) is 63.2 Å². The lowest BCUT2D eigenvalue weighted by atomic mass is 10.1. The molecule has 0 aliphatic carbocycles. The fourth-order valence-corrected chi connectivity index (χ4v) is 3.07. The summed E-state index contributed by atoms with van der Waals surface area (Å²) in [4.78, 5) is 26.7. The molecule has 1 heterocycles. The van der Waals surface area contributed by atoms with E-state index in [4.69, 9.17) is 0 Å². The van der Waals surface area contributed by atoms with E-state index in [-0.39, 0.29) is 24.2 Å². The summed E-state index contributed by atoms with van der Waals surface area (Å²) in [5.74, 6) is -0.406. The van der Waals surface area contributed by atoms with Gasteiger partial charge in [0.1, 0.15) is 0 Å². The zero-order valence-electron chi connectivity index (χ0n) is 14.3. The molecule has 1 atom stereocenters. The summed E-state index contributed by atoms with van der Waals surface area (Å²) >= 11 is 0. The standard InChI is InChI=1S/C20H22N2O2/c1-13-8-9-15(3)18(10-13)22-12-16(11-19(22)23)20(24)21-17-7-5-4-6-14(17)2/h4-10,16H,11-12H2,1-3H3,(H,21,24)/t16-/m1/s1. The largest absolute Gasteiger partial charge is 0.326 e. The minimum Gasteiger partial charge on any atom is -0.326 e. The van der Waals surface area contributed by atoms with Crippen LogP contribution in [0.3, 0.4) is 0 Å². The van der Waals surface area contributed by atoms with Crippen LogP contribution < -0.4 is 10.2 Å². The summed E-state index contributed by atoms with van der Waals surface area (Å²) in [6.07, 6.45) is 0.255. The van der Waals surface area contributed by atoms with Crippen molar-refractivity contribution in [2.45, 2.75) is 27.2 Å². The highest BCUT2D eigenvalue weighted by atomic mass is 16.2. The molecule has 124 valence electrons. The molecule has 4 heteroatoms. The summed E-state index contributed by atoms with van der Waals surface area (Å²) in [5.41, 5.74) is 4.89. The SMILES string of the molecule is Cc1ccc(C)c(N2C[C@H](C(=O)Nc3ccccc3C)CC2=O)c1. The van der Waals surface area contributed by atoms with Crippen LogP contribution in [-0.4, -0.2) is 18.4 Å². The number of amides is 2. The van der Waals surface area contributed by atoms with Crippen molar-refractivity contribution in [3.8, 4) is 0 Å². The smallest absolute Gasteiger partial charge is 0.229 e. The molecular formula is C20H22N2O2. The van der Waals surface area contributed by atoms with E-state index < -0.39 is 0 Å². The van der Waals surface area contributed by atoms with Gasteiger partial charge in [0.05, 0.1) is 5.92 Å². The van der Waals surface area contributed by atoms with E-state index in [1.165, 1.54) is 0 Å². The van der Waals surface area contributed by atoms with Crippen LogP contribution in [0.25, 0.3) is 0 Å². The number of nitrogens with zero attached hydrogens (tertiary/aromatic N) is 1. The molecule has 4 nitrogen and oxygen atoms in total. The number of hydrogen-bond acceptors (Lipinski definition) is 2. The van der Waals surface area contributed by atoms with Crippen LogP contribution in [0.5, 0.6) is 0 Å². The first-order valence-corrected chi connectivity index (χ1v) is 8.20. The van der Waals surface area contributed by atoms with Gasteiger partial charge in [-0.1, -0.05) is 30.3 Å². The highest BCUT2D eigenvalue weighted by Gasteiger charge is 2.35. The number of nitrogens with one attached hydrogen (secondary N) is 1. The molecule has 0 aromatic heterocycles.